The second kappa shape index (κ2) is 4.16. The van der Waals surface area contributed by atoms with Gasteiger partial charge in [-0.25, -0.2) is 0 Å². The number of carbonyl (C=O) groups is 1. The second-order valence-electron chi connectivity index (χ2n) is 4.67. The van der Waals surface area contributed by atoms with Crippen molar-refractivity contribution in [1.29, 1.82) is 0 Å². The molecule has 3 heteroatoms. The standard InChI is InChI=1S/C13H18N2O/c1-9-4-3-5-11(14)12(9)13(16)15(2)8-10-6-7-10/h3-5,10H,6-8,14H2,1-2H3. The maximum absolute atomic E-state index is 12.2. The first-order valence-corrected chi connectivity index (χ1v) is 5.70. The zero-order chi connectivity index (χ0) is 11.7. The molecule has 0 spiro atoms. The summed E-state index contributed by atoms with van der Waals surface area (Å²) < 4.78 is 0. The summed E-state index contributed by atoms with van der Waals surface area (Å²) in [6, 6.07) is 5.59. The summed E-state index contributed by atoms with van der Waals surface area (Å²) in [4.78, 5) is 14.0. The second-order valence-corrected chi connectivity index (χ2v) is 4.67. The highest BCUT2D eigenvalue weighted by atomic mass is 16.2. The molecule has 1 amide bonds. The van der Waals surface area contributed by atoms with E-state index < -0.39 is 0 Å². The molecule has 0 unspecified atom stereocenters. The van der Waals surface area contributed by atoms with Gasteiger partial charge in [-0.05, 0) is 37.3 Å². The number of hydrogen-bond donors (Lipinski definition) is 1. The first kappa shape index (κ1) is 11.0. The quantitative estimate of drug-likeness (QED) is 0.789. The van der Waals surface area contributed by atoms with Crippen molar-refractivity contribution in [3.05, 3.63) is 29.3 Å². The summed E-state index contributed by atoms with van der Waals surface area (Å²) in [6.07, 6.45) is 2.50. The van der Waals surface area contributed by atoms with Crippen LogP contribution in [0.25, 0.3) is 0 Å². The van der Waals surface area contributed by atoms with Crippen LogP contribution < -0.4 is 5.73 Å². The van der Waals surface area contributed by atoms with E-state index in [2.05, 4.69) is 0 Å². The number of nitrogen functional groups attached to an aromatic ring is 1. The molecule has 0 bridgehead atoms. The van der Waals surface area contributed by atoms with Crippen LogP contribution in [0, 0.1) is 12.8 Å². The Morgan fingerprint density at radius 3 is 2.75 bits per heavy atom. The smallest absolute Gasteiger partial charge is 0.255 e. The minimum Gasteiger partial charge on any atom is -0.398 e. The predicted molar refractivity (Wildman–Crippen MR) is 65.3 cm³/mol. The summed E-state index contributed by atoms with van der Waals surface area (Å²) in [5, 5.41) is 0. The summed E-state index contributed by atoms with van der Waals surface area (Å²) >= 11 is 0. The fraction of sp³-hybridized carbons (Fsp3) is 0.462. The van der Waals surface area contributed by atoms with E-state index in [9.17, 15) is 4.79 Å². The molecule has 1 aliphatic rings. The van der Waals surface area contributed by atoms with Crippen LogP contribution in [0.5, 0.6) is 0 Å². The van der Waals surface area contributed by atoms with Gasteiger partial charge in [-0.2, -0.15) is 0 Å². The first-order valence-electron chi connectivity index (χ1n) is 5.70. The van der Waals surface area contributed by atoms with Crippen molar-refractivity contribution >= 4 is 11.6 Å². The number of rotatable bonds is 3. The Morgan fingerprint density at radius 2 is 2.19 bits per heavy atom. The van der Waals surface area contributed by atoms with E-state index in [4.69, 9.17) is 5.73 Å². The van der Waals surface area contributed by atoms with Crippen molar-refractivity contribution in [3.8, 4) is 0 Å². The SMILES string of the molecule is Cc1cccc(N)c1C(=O)N(C)CC1CC1. The molecule has 3 nitrogen and oxygen atoms in total. The zero-order valence-electron chi connectivity index (χ0n) is 9.86. The number of carbonyl (C=O) groups excluding carboxylic acids is 1. The van der Waals surface area contributed by atoms with Gasteiger partial charge in [-0.15, -0.1) is 0 Å². The van der Waals surface area contributed by atoms with Crippen LogP contribution in [0.3, 0.4) is 0 Å². The minimum absolute atomic E-state index is 0.0440. The lowest BCUT2D eigenvalue weighted by molar-refractivity contribution is 0.0789. The topological polar surface area (TPSA) is 46.3 Å². The highest BCUT2D eigenvalue weighted by Gasteiger charge is 2.26. The van der Waals surface area contributed by atoms with Gasteiger partial charge in [0.2, 0.25) is 0 Å². The third-order valence-electron chi connectivity index (χ3n) is 3.09. The van der Waals surface area contributed by atoms with Gasteiger partial charge in [0, 0.05) is 19.3 Å². The lowest BCUT2D eigenvalue weighted by atomic mass is 10.1. The Labute approximate surface area is 96.2 Å². The molecule has 0 heterocycles. The number of amides is 1. The summed E-state index contributed by atoms with van der Waals surface area (Å²) in [5.41, 5.74) is 8.05. The molecular weight excluding hydrogens is 200 g/mol. The van der Waals surface area contributed by atoms with E-state index in [0.29, 0.717) is 17.2 Å². The van der Waals surface area contributed by atoms with Gasteiger partial charge >= 0.3 is 0 Å². The maximum atomic E-state index is 12.2. The van der Waals surface area contributed by atoms with Crippen molar-refractivity contribution in [2.75, 3.05) is 19.3 Å². The van der Waals surface area contributed by atoms with E-state index in [1.165, 1.54) is 12.8 Å². The molecular formula is C13H18N2O. The van der Waals surface area contributed by atoms with Crippen molar-refractivity contribution in [2.45, 2.75) is 19.8 Å². The molecule has 1 aromatic carbocycles. The van der Waals surface area contributed by atoms with Gasteiger partial charge in [0.15, 0.2) is 0 Å². The van der Waals surface area contributed by atoms with Gasteiger partial charge in [-0.3, -0.25) is 4.79 Å². The lowest BCUT2D eigenvalue weighted by Gasteiger charge is -2.19. The molecule has 0 aliphatic heterocycles. The van der Waals surface area contributed by atoms with Crippen LogP contribution in [0.2, 0.25) is 0 Å². The number of benzene rings is 1. The number of aryl methyl sites for hydroxylation is 1. The van der Waals surface area contributed by atoms with E-state index >= 15 is 0 Å². The van der Waals surface area contributed by atoms with Crippen molar-refractivity contribution in [3.63, 3.8) is 0 Å². The monoisotopic (exact) mass is 218 g/mol. The van der Waals surface area contributed by atoms with Crippen molar-refractivity contribution in [1.82, 2.24) is 4.90 Å². The van der Waals surface area contributed by atoms with Crippen LogP contribution in [0.15, 0.2) is 18.2 Å². The van der Waals surface area contributed by atoms with E-state index in [1.54, 1.807) is 11.0 Å². The largest absolute Gasteiger partial charge is 0.398 e. The fourth-order valence-electron chi connectivity index (χ4n) is 1.94. The molecule has 2 rings (SSSR count). The van der Waals surface area contributed by atoms with Crippen LogP contribution in [0.1, 0.15) is 28.8 Å². The Hall–Kier alpha value is -1.51. The van der Waals surface area contributed by atoms with Gasteiger partial charge in [0.25, 0.3) is 5.91 Å². The number of hydrogen-bond acceptors (Lipinski definition) is 2. The predicted octanol–water partition coefficient (Wildman–Crippen LogP) is 2.06. The van der Waals surface area contributed by atoms with Gasteiger partial charge < -0.3 is 10.6 Å². The lowest BCUT2D eigenvalue weighted by Crippen LogP contribution is -2.30. The van der Waals surface area contributed by atoms with Gasteiger partial charge in [0.05, 0.1) is 5.56 Å². The third kappa shape index (κ3) is 2.18. The van der Waals surface area contributed by atoms with Crippen molar-refractivity contribution < 1.29 is 4.79 Å². The Morgan fingerprint density at radius 1 is 1.50 bits per heavy atom. The fourth-order valence-corrected chi connectivity index (χ4v) is 1.94. The number of nitrogens with two attached hydrogens (primary N) is 1. The highest BCUT2D eigenvalue weighted by molar-refractivity contribution is 6.00. The third-order valence-corrected chi connectivity index (χ3v) is 3.09. The molecule has 0 radical (unpaired) electrons. The Kier molecular flexibility index (Phi) is 2.86. The average molecular weight is 218 g/mol. The van der Waals surface area contributed by atoms with Crippen LogP contribution >= 0.6 is 0 Å². The summed E-state index contributed by atoms with van der Waals surface area (Å²) in [6.45, 7) is 2.78. The number of nitrogens with zero attached hydrogens (tertiary/aromatic N) is 1. The molecule has 2 N–H and O–H groups in total. The van der Waals surface area contributed by atoms with E-state index in [-0.39, 0.29) is 5.91 Å². The molecule has 1 aliphatic carbocycles. The average Bonchev–Trinajstić information content (AvgIpc) is 3.01. The summed E-state index contributed by atoms with van der Waals surface area (Å²) in [7, 11) is 1.85. The molecule has 1 saturated carbocycles. The molecule has 86 valence electrons. The molecule has 1 fully saturated rings. The van der Waals surface area contributed by atoms with E-state index in [1.807, 2.05) is 26.1 Å². The van der Waals surface area contributed by atoms with E-state index in [0.717, 1.165) is 12.1 Å². The molecule has 16 heavy (non-hydrogen) atoms. The number of anilines is 1. The first-order chi connectivity index (χ1) is 7.59. The van der Waals surface area contributed by atoms with Crippen LogP contribution in [-0.2, 0) is 0 Å². The normalized spacial score (nSPS) is 14.9. The molecule has 0 aromatic heterocycles. The Balaban J connectivity index is 2.18. The van der Waals surface area contributed by atoms with Gasteiger partial charge in [-0.1, -0.05) is 12.1 Å². The molecule has 0 atom stereocenters. The van der Waals surface area contributed by atoms with Crippen molar-refractivity contribution in [2.24, 2.45) is 5.92 Å². The maximum Gasteiger partial charge on any atom is 0.255 e. The minimum atomic E-state index is 0.0440. The highest BCUT2D eigenvalue weighted by Crippen LogP contribution is 2.30. The van der Waals surface area contributed by atoms with Crippen LogP contribution in [-0.4, -0.2) is 24.4 Å². The zero-order valence-corrected chi connectivity index (χ0v) is 9.86. The Bertz CT molecular complexity index is 390. The summed E-state index contributed by atoms with van der Waals surface area (Å²) in [5.74, 6) is 0.752. The molecule has 0 saturated heterocycles. The molecule has 1 aromatic rings. The van der Waals surface area contributed by atoms with Crippen LogP contribution in [0.4, 0.5) is 5.69 Å². The van der Waals surface area contributed by atoms with Gasteiger partial charge in [0.1, 0.15) is 0 Å².